The molecule has 0 unspecified atom stereocenters. The van der Waals surface area contributed by atoms with E-state index in [4.69, 9.17) is 4.74 Å². The number of benzene rings is 2. The molecule has 0 radical (unpaired) electrons. The number of methoxy groups -OCH3 is 1. The minimum absolute atomic E-state index is 0.0161. The van der Waals surface area contributed by atoms with E-state index >= 15 is 0 Å². The molecule has 0 aliphatic carbocycles. The highest BCUT2D eigenvalue weighted by Gasteiger charge is 2.24. The highest BCUT2D eigenvalue weighted by molar-refractivity contribution is 5.83. The number of carbonyl (C=O) groups excluding carboxylic acids is 1. The van der Waals surface area contributed by atoms with Gasteiger partial charge in [0.25, 0.3) is 11.2 Å². The molecule has 1 aliphatic rings. The van der Waals surface area contributed by atoms with Gasteiger partial charge in [-0.2, -0.15) is 9.78 Å². The van der Waals surface area contributed by atoms with Crippen molar-refractivity contribution >= 4 is 23.0 Å². The zero-order valence-electron chi connectivity index (χ0n) is 18.8. The van der Waals surface area contributed by atoms with Crippen LogP contribution in [0, 0.1) is 10.1 Å². The van der Waals surface area contributed by atoms with E-state index in [1.54, 1.807) is 42.3 Å². The van der Waals surface area contributed by atoms with Crippen LogP contribution in [0.2, 0.25) is 0 Å². The molecule has 2 aromatic carbocycles. The third-order valence-corrected chi connectivity index (χ3v) is 5.43. The second kappa shape index (κ2) is 9.61. The minimum atomic E-state index is -0.554. The summed E-state index contributed by atoms with van der Waals surface area (Å²) >= 11 is 0. The Kier molecular flexibility index (Phi) is 6.44. The van der Waals surface area contributed by atoms with Gasteiger partial charge in [-0.15, -0.1) is 0 Å². The summed E-state index contributed by atoms with van der Waals surface area (Å²) in [5, 5.41) is 22.1. The zero-order valence-corrected chi connectivity index (χ0v) is 18.8. The van der Waals surface area contributed by atoms with Crippen molar-refractivity contribution in [1.82, 2.24) is 15.1 Å². The molecule has 0 spiro atoms. The highest BCUT2D eigenvalue weighted by Crippen LogP contribution is 2.29. The number of hydrogen-bond acceptors (Lipinski definition) is 8. The molecule has 3 aromatic rings. The van der Waals surface area contributed by atoms with Gasteiger partial charge in [0, 0.05) is 37.0 Å². The molecular weight excluding hydrogens is 440 g/mol. The Bertz CT molecular complexity index is 1310. The molecule has 0 saturated carbocycles. The Labute approximate surface area is 195 Å². The quantitative estimate of drug-likeness (QED) is 0.402. The van der Waals surface area contributed by atoms with Crippen LogP contribution in [0.4, 0.5) is 17.1 Å². The average Bonchev–Trinajstić information content (AvgIpc) is 2.85. The van der Waals surface area contributed by atoms with E-state index in [9.17, 15) is 19.7 Å². The fourth-order valence-electron chi connectivity index (χ4n) is 3.79. The largest absolute Gasteiger partial charge is 0.497 e. The maximum atomic E-state index is 13.3. The van der Waals surface area contributed by atoms with E-state index in [1.807, 2.05) is 13.0 Å². The Balaban J connectivity index is 1.92. The van der Waals surface area contributed by atoms with Gasteiger partial charge in [0.05, 0.1) is 24.3 Å². The lowest BCUT2D eigenvalue weighted by Crippen LogP contribution is -2.47. The van der Waals surface area contributed by atoms with E-state index in [0.717, 1.165) is 4.68 Å². The Hall–Kier alpha value is -4.41. The molecule has 0 atom stereocenters. The van der Waals surface area contributed by atoms with Crippen molar-refractivity contribution in [2.24, 2.45) is 0 Å². The molecular formula is C23H24N6O5. The van der Waals surface area contributed by atoms with Crippen molar-refractivity contribution in [2.45, 2.75) is 6.92 Å². The molecule has 2 N–H and O–H groups in total. The third kappa shape index (κ3) is 4.53. The Morgan fingerprint density at radius 2 is 2.03 bits per heavy atom. The van der Waals surface area contributed by atoms with Crippen LogP contribution in [-0.2, 0) is 4.79 Å². The maximum Gasteiger partial charge on any atom is 0.295 e. The molecule has 2 heterocycles. The predicted molar refractivity (Wildman–Crippen MR) is 128 cm³/mol. The number of carbonyl (C=O) groups is 1. The molecule has 176 valence electrons. The monoisotopic (exact) mass is 464 g/mol. The third-order valence-electron chi connectivity index (χ3n) is 5.43. The molecule has 4 rings (SSSR count). The molecule has 11 heteroatoms. The topological polar surface area (TPSA) is 132 Å². The molecule has 34 heavy (non-hydrogen) atoms. The first-order valence-electron chi connectivity index (χ1n) is 10.7. The molecule has 0 bridgehead atoms. The van der Waals surface area contributed by atoms with E-state index in [2.05, 4.69) is 15.7 Å². The fraction of sp³-hybridized carbons (Fsp3) is 0.261. The molecule has 1 fully saturated rings. The molecule has 11 nitrogen and oxygen atoms in total. The van der Waals surface area contributed by atoms with E-state index in [0.29, 0.717) is 42.3 Å². The normalized spacial score (nSPS) is 13.4. The lowest BCUT2D eigenvalue weighted by atomic mass is 10.1. The number of nitro groups is 1. The second-order valence-electron chi connectivity index (χ2n) is 7.62. The number of aromatic nitrogens is 2. The van der Waals surface area contributed by atoms with Crippen LogP contribution in [0.25, 0.3) is 16.9 Å². The Morgan fingerprint density at radius 1 is 1.21 bits per heavy atom. The van der Waals surface area contributed by atoms with Gasteiger partial charge in [-0.05, 0) is 37.3 Å². The van der Waals surface area contributed by atoms with E-state index in [1.165, 1.54) is 12.1 Å². The fourth-order valence-corrected chi connectivity index (χ4v) is 3.79. The molecule has 1 aliphatic heterocycles. The molecule has 1 amide bonds. The van der Waals surface area contributed by atoms with Crippen molar-refractivity contribution < 1.29 is 14.5 Å². The first kappa shape index (κ1) is 22.8. The summed E-state index contributed by atoms with van der Waals surface area (Å²) in [7, 11) is 1.55. The number of amides is 1. The lowest BCUT2D eigenvalue weighted by molar-refractivity contribution is -0.384. The second-order valence-corrected chi connectivity index (χ2v) is 7.62. The number of nitrogens with zero attached hydrogens (tertiary/aromatic N) is 4. The average molecular weight is 464 g/mol. The molecule has 1 aromatic heterocycles. The van der Waals surface area contributed by atoms with Crippen LogP contribution >= 0.6 is 0 Å². The summed E-state index contributed by atoms with van der Waals surface area (Å²) in [6, 6.07) is 13.2. The zero-order chi connectivity index (χ0) is 24.2. The maximum absolute atomic E-state index is 13.3. The van der Waals surface area contributed by atoms with Crippen LogP contribution in [0.1, 0.15) is 6.92 Å². The van der Waals surface area contributed by atoms with Gasteiger partial charge in [0.2, 0.25) is 5.91 Å². The van der Waals surface area contributed by atoms with Crippen LogP contribution in [-0.4, -0.2) is 53.9 Å². The van der Waals surface area contributed by atoms with Crippen molar-refractivity contribution in [3.63, 3.8) is 0 Å². The van der Waals surface area contributed by atoms with Gasteiger partial charge in [-0.1, -0.05) is 12.1 Å². The summed E-state index contributed by atoms with van der Waals surface area (Å²) in [4.78, 5) is 38.2. The van der Waals surface area contributed by atoms with Crippen molar-refractivity contribution in [3.8, 4) is 22.7 Å². The number of ether oxygens (including phenoxy) is 1. The highest BCUT2D eigenvalue weighted by atomic mass is 16.6. The van der Waals surface area contributed by atoms with Gasteiger partial charge < -0.3 is 20.3 Å². The SMILES string of the molecule is CCNc1cc(-c2cccc(OC)c2)nn(-c2cc(N3CCNC(=O)C3)ccc2[N+](=O)[O-])c1=O. The van der Waals surface area contributed by atoms with Gasteiger partial charge in [-0.25, -0.2) is 0 Å². The van der Waals surface area contributed by atoms with Crippen LogP contribution in [0.3, 0.4) is 0 Å². The van der Waals surface area contributed by atoms with E-state index < -0.39 is 10.5 Å². The van der Waals surface area contributed by atoms with Crippen LogP contribution in [0.5, 0.6) is 5.75 Å². The number of hydrogen-bond donors (Lipinski definition) is 2. The first-order chi connectivity index (χ1) is 16.4. The number of piperazine rings is 1. The summed E-state index contributed by atoms with van der Waals surface area (Å²) in [5.74, 6) is 0.467. The summed E-state index contributed by atoms with van der Waals surface area (Å²) in [6.45, 7) is 3.44. The molecule has 1 saturated heterocycles. The first-order valence-corrected chi connectivity index (χ1v) is 10.7. The number of nitrogens with one attached hydrogen (secondary N) is 2. The number of nitro benzene ring substituents is 1. The van der Waals surface area contributed by atoms with Crippen molar-refractivity contribution in [2.75, 3.05) is 43.5 Å². The van der Waals surface area contributed by atoms with E-state index in [-0.39, 0.29) is 29.5 Å². The lowest BCUT2D eigenvalue weighted by Gasteiger charge is -2.28. The number of rotatable bonds is 7. The van der Waals surface area contributed by atoms with Gasteiger partial charge in [-0.3, -0.25) is 19.7 Å². The Morgan fingerprint density at radius 3 is 2.74 bits per heavy atom. The smallest absolute Gasteiger partial charge is 0.295 e. The summed E-state index contributed by atoms with van der Waals surface area (Å²) in [6.07, 6.45) is 0. The summed E-state index contributed by atoms with van der Waals surface area (Å²) < 4.78 is 6.34. The summed E-state index contributed by atoms with van der Waals surface area (Å²) in [5.41, 5.74) is 1.18. The number of anilines is 2. The minimum Gasteiger partial charge on any atom is -0.497 e. The van der Waals surface area contributed by atoms with Crippen LogP contribution in [0.15, 0.2) is 53.3 Å². The van der Waals surface area contributed by atoms with Gasteiger partial charge >= 0.3 is 0 Å². The standard InChI is InChI=1S/C23H24N6O5/c1-3-24-19-13-18(15-5-4-6-17(11-15)34-2)26-28(23(19)31)21-12-16(7-8-20(21)29(32)33)27-10-9-25-22(30)14-27/h4-8,11-13,24H,3,9-10,14H2,1-2H3,(H,25,30). The van der Waals surface area contributed by atoms with Crippen LogP contribution < -0.4 is 25.8 Å². The van der Waals surface area contributed by atoms with Gasteiger partial charge in [0.1, 0.15) is 17.1 Å². The van der Waals surface area contributed by atoms with Crippen molar-refractivity contribution in [1.29, 1.82) is 0 Å². The predicted octanol–water partition coefficient (Wildman–Crippen LogP) is 2.18. The van der Waals surface area contributed by atoms with Crippen molar-refractivity contribution in [3.05, 3.63) is 69.0 Å². The van der Waals surface area contributed by atoms with Gasteiger partial charge in [0.15, 0.2) is 0 Å².